The van der Waals surface area contributed by atoms with E-state index in [9.17, 15) is 14.7 Å². The lowest BCUT2D eigenvalue weighted by Gasteiger charge is -2.05. The normalized spacial score (nSPS) is 11.3. The summed E-state index contributed by atoms with van der Waals surface area (Å²) in [4.78, 5) is 28.0. The lowest BCUT2D eigenvalue weighted by Crippen LogP contribution is -2.39. The van der Waals surface area contributed by atoms with E-state index in [1.54, 1.807) is 13.2 Å². The first-order chi connectivity index (χ1) is 9.95. The standard InChI is InChI=1S/C10H8B2N6O3/c1-15-3-5(2-13-15)7-14-8-6(16(7)4-19)9(20)18(12)10(21)17(8)11/h2-3,19H,4H2,1H3. The predicted molar refractivity (Wildman–Crippen MR) is 75.0 cm³/mol. The van der Waals surface area contributed by atoms with E-state index in [2.05, 4.69) is 10.1 Å². The van der Waals surface area contributed by atoms with Crippen LogP contribution in [0.2, 0.25) is 0 Å². The molecule has 3 heterocycles. The Morgan fingerprint density at radius 1 is 1.29 bits per heavy atom. The fraction of sp³-hybridized carbons (Fsp3) is 0.200. The first kappa shape index (κ1) is 13.4. The largest absolute Gasteiger partial charge is 0.376 e. The van der Waals surface area contributed by atoms with Gasteiger partial charge in [0.1, 0.15) is 12.6 Å². The number of rotatable bonds is 2. The summed E-state index contributed by atoms with van der Waals surface area (Å²) in [6.45, 7) is -0.534. The van der Waals surface area contributed by atoms with E-state index in [4.69, 9.17) is 16.0 Å². The van der Waals surface area contributed by atoms with Gasteiger partial charge in [-0.3, -0.25) is 18.8 Å². The van der Waals surface area contributed by atoms with Gasteiger partial charge in [0.15, 0.2) is 11.2 Å². The molecule has 0 aliphatic heterocycles. The van der Waals surface area contributed by atoms with E-state index >= 15 is 0 Å². The quantitative estimate of drug-likeness (QED) is 0.527. The monoisotopic (exact) mass is 282 g/mol. The van der Waals surface area contributed by atoms with Crippen molar-refractivity contribution in [3.8, 4) is 11.4 Å². The third-order valence-corrected chi connectivity index (χ3v) is 3.12. The molecule has 11 heteroatoms. The summed E-state index contributed by atoms with van der Waals surface area (Å²) in [6.07, 6.45) is 3.15. The van der Waals surface area contributed by atoms with Crippen molar-refractivity contribution in [2.75, 3.05) is 0 Å². The lowest BCUT2D eigenvalue weighted by molar-refractivity contribution is 0.216. The van der Waals surface area contributed by atoms with Crippen LogP contribution in [0.5, 0.6) is 0 Å². The Labute approximate surface area is 119 Å². The molecule has 9 nitrogen and oxygen atoms in total. The Hall–Kier alpha value is -2.55. The first-order valence-electron chi connectivity index (χ1n) is 5.84. The summed E-state index contributed by atoms with van der Waals surface area (Å²) >= 11 is 0. The van der Waals surface area contributed by atoms with Crippen molar-refractivity contribution in [2.45, 2.75) is 6.73 Å². The van der Waals surface area contributed by atoms with Gasteiger partial charge in [-0.05, 0) is 0 Å². The highest BCUT2D eigenvalue weighted by molar-refractivity contribution is 6.12. The zero-order valence-corrected chi connectivity index (χ0v) is 11.0. The maximum Gasteiger partial charge on any atom is 0.306 e. The molecule has 0 bridgehead atoms. The first-order valence-corrected chi connectivity index (χ1v) is 5.84. The van der Waals surface area contributed by atoms with Crippen LogP contribution in [0, 0.1) is 0 Å². The van der Waals surface area contributed by atoms with Crippen LogP contribution in [-0.4, -0.2) is 49.4 Å². The molecule has 0 saturated carbocycles. The lowest BCUT2D eigenvalue weighted by atomic mass is 10.3. The van der Waals surface area contributed by atoms with Crippen LogP contribution >= 0.6 is 0 Å². The molecule has 3 aromatic rings. The highest BCUT2D eigenvalue weighted by Gasteiger charge is 2.19. The van der Waals surface area contributed by atoms with E-state index < -0.39 is 18.0 Å². The molecule has 0 unspecified atom stereocenters. The van der Waals surface area contributed by atoms with Gasteiger partial charge in [-0.15, -0.1) is 0 Å². The summed E-state index contributed by atoms with van der Waals surface area (Å²) < 4.78 is 3.76. The SMILES string of the molecule is [B]n1c(=O)c2c(nc(-c3cnn(C)c3)n2CO)n([B])c1=O. The van der Waals surface area contributed by atoms with Crippen LogP contribution in [0.15, 0.2) is 22.0 Å². The number of nitrogens with zero attached hydrogens (tertiary/aromatic N) is 6. The van der Waals surface area contributed by atoms with Crippen molar-refractivity contribution in [1.82, 2.24) is 28.3 Å². The molecule has 102 valence electrons. The third-order valence-electron chi connectivity index (χ3n) is 3.12. The van der Waals surface area contributed by atoms with Crippen molar-refractivity contribution < 1.29 is 5.11 Å². The summed E-state index contributed by atoms with van der Waals surface area (Å²) in [5.41, 5.74) is -1.29. The molecule has 0 fully saturated rings. The van der Waals surface area contributed by atoms with Gasteiger partial charge < -0.3 is 14.1 Å². The van der Waals surface area contributed by atoms with E-state index in [1.807, 2.05) is 0 Å². The van der Waals surface area contributed by atoms with Gasteiger partial charge in [0, 0.05) is 13.2 Å². The van der Waals surface area contributed by atoms with Crippen LogP contribution in [0.4, 0.5) is 0 Å². The fourth-order valence-corrected chi connectivity index (χ4v) is 2.12. The molecule has 0 saturated heterocycles. The predicted octanol–water partition coefficient (Wildman–Crippen LogP) is -2.43. The van der Waals surface area contributed by atoms with Gasteiger partial charge in [0.25, 0.3) is 5.56 Å². The number of aliphatic hydroxyl groups is 1. The Kier molecular flexibility index (Phi) is 2.87. The van der Waals surface area contributed by atoms with Crippen molar-refractivity contribution in [3.63, 3.8) is 0 Å². The van der Waals surface area contributed by atoms with Crippen LogP contribution in [0.3, 0.4) is 0 Å². The van der Waals surface area contributed by atoms with E-state index in [0.29, 0.717) is 14.5 Å². The maximum atomic E-state index is 12.1. The number of aryl methyl sites for hydroxylation is 1. The second-order valence-electron chi connectivity index (χ2n) is 4.41. The average Bonchev–Trinajstić information content (AvgIpc) is 3.05. The molecule has 0 aliphatic rings. The molecule has 3 rings (SSSR count). The average molecular weight is 282 g/mol. The van der Waals surface area contributed by atoms with E-state index in [0.717, 1.165) is 0 Å². The van der Waals surface area contributed by atoms with Gasteiger partial charge in [0.05, 0.1) is 11.8 Å². The van der Waals surface area contributed by atoms with Crippen molar-refractivity contribution >= 4 is 27.1 Å². The van der Waals surface area contributed by atoms with Gasteiger partial charge >= 0.3 is 5.69 Å². The van der Waals surface area contributed by atoms with E-state index in [-0.39, 0.29) is 17.0 Å². The van der Waals surface area contributed by atoms with Gasteiger partial charge in [0.2, 0.25) is 16.0 Å². The summed E-state index contributed by atoms with van der Waals surface area (Å²) in [6, 6.07) is 0. The number of imidazole rings is 1. The zero-order valence-electron chi connectivity index (χ0n) is 11.0. The molecule has 0 aromatic carbocycles. The minimum Gasteiger partial charge on any atom is -0.376 e. The topological polar surface area (TPSA) is 99.9 Å². The Morgan fingerprint density at radius 2 is 2.00 bits per heavy atom. The number of aliphatic hydroxyl groups excluding tert-OH is 1. The highest BCUT2D eigenvalue weighted by Crippen LogP contribution is 2.21. The Morgan fingerprint density at radius 3 is 2.57 bits per heavy atom. The van der Waals surface area contributed by atoms with Crippen molar-refractivity contribution in [1.29, 1.82) is 0 Å². The highest BCUT2D eigenvalue weighted by atomic mass is 16.3. The third kappa shape index (κ3) is 1.77. The molecule has 0 amide bonds. The minimum atomic E-state index is -0.909. The summed E-state index contributed by atoms with van der Waals surface area (Å²) in [5, 5.41) is 13.5. The molecule has 0 atom stereocenters. The molecule has 0 spiro atoms. The van der Waals surface area contributed by atoms with Crippen molar-refractivity contribution in [3.05, 3.63) is 33.2 Å². The number of hydrogen-bond donors (Lipinski definition) is 1. The Bertz CT molecular complexity index is 966. The molecular formula is C10H8B2N6O3. The van der Waals surface area contributed by atoms with Crippen LogP contribution in [-0.2, 0) is 13.8 Å². The number of aromatic nitrogens is 6. The molecular weight excluding hydrogens is 274 g/mol. The summed E-state index contributed by atoms with van der Waals surface area (Å²) in [5.74, 6) is 0.252. The second-order valence-corrected chi connectivity index (χ2v) is 4.41. The zero-order chi connectivity index (χ0) is 15.3. The number of fused-ring (bicyclic) bond motifs is 1. The fourth-order valence-electron chi connectivity index (χ4n) is 2.12. The molecule has 1 N–H and O–H groups in total. The van der Waals surface area contributed by atoms with Gasteiger partial charge in [-0.1, -0.05) is 0 Å². The van der Waals surface area contributed by atoms with Crippen molar-refractivity contribution in [2.24, 2.45) is 7.05 Å². The van der Waals surface area contributed by atoms with Gasteiger partial charge in [-0.25, -0.2) is 4.98 Å². The van der Waals surface area contributed by atoms with Crippen LogP contribution in [0.25, 0.3) is 22.6 Å². The molecule has 0 aliphatic carbocycles. The maximum absolute atomic E-state index is 12.1. The Balaban J connectivity index is 2.50. The number of hydrogen-bond acceptors (Lipinski definition) is 5. The molecule has 21 heavy (non-hydrogen) atoms. The van der Waals surface area contributed by atoms with E-state index in [1.165, 1.54) is 15.4 Å². The molecule has 4 radical (unpaired) electrons. The van der Waals surface area contributed by atoms with Crippen LogP contribution in [0.1, 0.15) is 0 Å². The molecule has 3 aromatic heterocycles. The summed E-state index contributed by atoms with van der Waals surface area (Å²) in [7, 11) is 12.7. The van der Waals surface area contributed by atoms with Gasteiger partial charge in [-0.2, -0.15) is 5.10 Å². The van der Waals surface area contributed by atoms with Crippen LogP contribution < -0.4 is 11.2 Å². The second kappa shape index (κ2) is 4.48. The smallest absolute Gasteiger partial charge is 0.306 e. The minimum absolute atomic E-state index is 0.0686.